The average Bonchev–Trinajstić information content (AvgIpc) is 2.16. The molecule has 1 aromatic rings. The van der Waals surface area contributed by atoms with Gasteiger partial charge >= 0.3 is 0 Å². The van der Waals surface area contributed by atoms with Crippen LogP contribution in [-0.2, 0) is 0 Å². The van der Waals surface area contributed by atoms with Crippen molar-refractivity contribution in [1.82, 2.24) is 4.98 Å². The van der Waals surface area contributed by atoms with Gasteiger partial charge in [-0.25, -0.2) is 4.98 Å². The number of aromatic nitrogens is 1. The van der Waals surface area contributed by atoms with Crippen LogP contribution in [0.15, 0.2) is 24.8 Å². The quantitative estimate of drug-likeness (QED) is 0.693. The molecule has 0 aliphatic heterocycles. The van der Waals surface area contributed by atoms with E-state index in [2.05, 4.69) is 11.6 Å². The average molecular weight is 195 g/mol. The van der Waals surface area contributed by atoms with Gasteiger partial charge in [-0.2, -0.15) is 5.26 Å². The van der Waals surface area contributed by atoms with Gasteiger partial charge in [-0.15, -0.1) is 0 Å². The molecule has 0 saturated heterocycles. The predicted molar refractivity (Wildman–Crippen MR) is 49.7 cm³/mol. The standard InChI is InChI=1S/C9H7ClN2O/c1-2-5-13-9-4-3-7(10)8(6-11)12-9/h2-4H,1,5H2. The number of pyridine rings is 1. The van der Waals surface area contributed by atoms with Crippen LogP contribution in [0.5, 0.6) is 5.88 Å². The molecule has 0 aliphatic rings. The number of nitrogens with zero attached hydrogens (tertiary/aromatic N) is 2. The molecule has 0 amide bonds. The monoisotopic (exact) mass is 194 g/mol. The highest BCUT2D eigenvalue weighted by Crippen LogP contribution is 2.16. The molecule has 0 saturated carbocycles. The van der Waals surface area contributed by atoms with Crippen molar-refractivity contribution in [1.29, 1.82) is 5.26 Å². The van der Waals surface area contributed by atoms with Crippen LogP contribution in [0.25, 0.3) is 0 Å². The normalized spacial score (nSPS) is 8.92. The van der Waals surface area contributed by atoms with E-state index in [1.807, 2.05) is 6.07 Å². The number of rotatable bonds is 3. The summed E-state index contributed by atoms with van der Waals surface area (Å²) in [4.78, 5) is 3.87. The molecule has 0 aromatic carbocycles. The van der Waals surface area contributed by atoms with Crippen LogP contribution in [0.4, 0.5) is 0 Å². The van der Waals surface area contributed by atoms with E-state index < -0.39 is 0 Å². The fourth-order valence-corrected chi connectivity index (χ4v) is 0.875. The lowest BCUT2D eigenvalue weighted by Gasteiger charge is -2.01. The molecule has 0 fully saturated rings. The van der Waals surface area contributed by atoms with Gasteiger partial charge in [-0.1, -0.05) is 24.3 Å². The highest BCUT2D eigenvalue weighted by atomic mass is 35.5. The Labute approximate surface area is 81.2 Å². The largest absolute Gasteiger partial charge is 0.473 e. The van der Waals surface area contributed by atoms with Crippen molar-refractivity contribution in [2.75, 3.05) is 6.61 Å². The highest BCUT2D eigenvalue weighted by molar-refractivity contribution is 6.31. The minimum Gasteiger partial charge on any atom is -0.473 e. The van der Waals surface area contributed by atoms with Crippen LogP contribution in [0.1, 0.15) is 5.69 Å². The zero-order valence-electron chi connectivity index (χ0n) is 6.83. The second kappa shape index (κ2) is 4.48. The summed E-state index contributed by atoms with van der Waals surface area (Å²) < 4.78 is 5.11. The zero-order valence-corrected chi connectivity index (χ0v) is 7.58. The molecule has 1 heterocycles. The van der Waals surface area contributed by atoms with Gasteiger partial charge in [0.25, 0.3) is 0 Å². The number of nitriles is 1. The Balaban J connectivity index is 2.87. The second-order valence-electron chi connectivity index (χ2n) is 2.19. The summed E-state index contributed by atoms with van der Waals surface area (Å²) >= 11 is 5.67. The van der Waals surface area contributed by atoms with Gasteiger partial charge in [0.1, 0.15) is 12.7 Å². The van der Waals surface area contributed by atoms with Crippen molar-refractivity contribution in [2.45, 2.75) is 0 Å². The molecule has 1 rings (SSSR count). The van der Waals surface area contributed by atoms with Crippen LogP contribution < -0.4 is 4.74 Å². The third-order valence-electron chi connectivity index (χ3n) is 1.28. The summed E-state index contributed by atoms with van der Waals surface area (Å²) in [5, 5.41) is 8.92. The summed E-state index contributed by atoms with van der Waals surface area (Å²) in [5.74, 6) is 0.376. The molecule has 0 N–H and O–H groups in total. The Kier molecular flexibility index (Phi) is 3.30. The van der Waals surface area contributed by atoms with Gasteiger partial charge in [0.15, 0.2) is 5.69 Å². The maximum absolute atomic E-state index is 8.60. The molecule has 13 heavy (non-hydrogen) atoms. The van der Waals surface area contributed by atoms with E-state index in [1.165, 1.54) is 0 Å². The smallest absolute Gasteiger partial charge is 0.214 e. The number of hydrogen-bond donors (Lipinski definition) is 0. The molecule has 4 heteroatoms. The molecule has 66 valence electrons. The van der Waals surface area contributed by atoms with Crippen LogP contribution in [0.2, 0.25) is 5.02 Å². The van der Waals surface area contributed by atoms with Crippen LogP contribution in [-0.4, -0.2) is 11.6 Å². The Morgan fingerprint density at radius 2 is 2.46 bits per heavy atom. The van der Waals surface area contributed by atoms with Gasteiger partial charge in [0, 0.05) is 6.07 Å². The first-order chi connectivity index (χ1) is 6.27. The van der Waals surface area contributed by atoms with Crippen LogP contribution in [0.3, 0.4) is 0 Å². The summed E-state index contributed by atoms with van der Waals surface area (Å²) in [7, 11) is 0. The summed E-state index contributed by atoms with van der Waals surface area (Å²) in [6, 6.07) is 5.04. The Morgan fingerprint density at radius 3 is 3.08 bits per heavy atom. The van der Waals surface area contributed by atoms with Crippen LogP contribution in [0, 0.1) is 11.3 Å². The number of ether oxygens (including phenoxy) is 1. The molecule has 0 bridgehead atoms. The Bertz CT molecular complexity index is 357. The number of halogens is 1. The fraction of sp³-hybridized carbons (Fsp3) is 0.111. The molecule has 0 aliphatic carbocycles. The van der Waals surface area contributed by atoms with Crippen molar-refractivity contribution in [3.8, 4) is 11.9 Å². The minimum absolute atomic E-state index is 0.170. The van der Waals surface area contributed by atoms with Crippen molar-refractivity contribution in [2.24, 2.45) is 0 Å². The Morgan fingerprint density at radius 1 is 1.69 bits per heavy atom. The van der Waals surface area contributed by atoms with E-state index in [0.717, 1.165) is 0 Å². The lowest BCUT2D eigenvalue weighted by Crippen LogP contribution is -1.96. The number of hydrogen-bond acceptors (Lipinski definition) is 3. The van der Waals surface area contributed by atoms with Gasteiger partial charge in [-0.05, 0) is 6.07 Å². The molecule has 1 aromatic heterocycles. The molecule has 0 spiro atoms. The summed E-state index contributed by atoms with van der Waals surface area (Å²) in [5.41, 5.74) is 0.170. The van der Waals surface area contributed by atoms with E-state index in [4.69, 9.17) is 21.6 Å². The first kappa shape index (κ1) is 9.56. The maximum atomic E-state index is 8.60. The summed E-state index contributed by atoms with van der Waals surface area (Å²) in [6.45, 7) is 3.85. The lowest BCUT2D eigenvalue weighted by atomic mass is 10.4. The van der Waals surface area contributed by atoms with Crippen molar-refractivity contribution >= 4 is 11.6 Å². The molecule has 0 unspecified atom stereocenters. The first-order valence-corrected chi connectivity index (χ1v) is 3.96. The van der Waals surface area contributed by atoms with E-state index >= 15 is 0 Å². The van der Waals surface area contributed by atoms with Gasteiger partial charge < -0.3 is 4.74 Å². The maximum Gasteiger partial charge on any atom is 0.214 e. The first-order valence-electron chi connectivity index (χ1n) is 3.58. The lowest BCUT2D eigenvalue weighted by molar-refractivity contribution is 0.348. The van der Waals surface area contributed by atoms with E-state index in [0.29, 0.717) is 17.5 Å². The molecule has 3 nitrogen and oxygen atoms in total. The summed E-state index contributed by atoms with van der Waals surface area (Å²) in [6.07, 6.45) is 1.60. The van der Waals surface area contributed by atoms with Gasteiger partial charge in [-0.3, -0.25) is 0 Å². The third kappa shape index (κ3) is 2.46. The van der Waals surface area contributed by atoms with E-state index in [1.54, 1.807) is 18.2 Å². The van der Waals surface area contributed by atoms with Gasteiger partial charge in [0.2, 0.25) is 5.88 Å². The Hall–Kier alpha value is -1.53. The van der Waals surface area contributed by atoms with Crippen molar-refractivity contribution in [3.63, 3.8) is 0 Å². The molecular formula is C9H7ClN2O. The van der Waals surface area contributed by atoms with Crippen molar-refractivity contribution in [3.05, 3.63) is 35.5 Å². The van der Waals surface area contributed by atoms with Crippen LogP contribution >= 0.6 is 11.6 Å². The molecular weight excluding hydrogens is 188 g/mol. The predicted octanol–water partition coefficient (Wildman–Crippen LogP) is 2.17. The molecule has 0 atom stereocenters. The topological polar surface area (TPSA) is 45.9 Å². The van der Waals surface area contributed by atoms with E-state index in [9.17, 15) is 0 Å². The second-order valence-corrected chi connectivity index (χ2v) is 2.60. The van der Waals surface area contributed by atoms with E-state index in [-0.39, 0.29) is 5.69 Å². The highest BCUT2D eigenvalue weighted by Gasteiger charge is 2.02. The fourth-order valence-electron chi connectivity index (χ4n) is 0.727. The third-order valence-corrected chi connectivity index (χ3v) is 1.58. The van der Waals surface area contributed by atoms with Gasteiger partial charge in [0.05, 0.1) is 5.02 Å². The van der Waals surface area contributed by atoms with Crippen molar-refractivity contribution < 1.29 is 4.74 Å². The zero-order chi connectivity index (χ0) is 9.68. The molecule has 0 radical (unpaired) electrons. The minimum atomic E-state index is 0.170. The SMILES string of the molecule is C=CCOc1ccc(Cl)c(C#N)n1.